The van der Waals surface area contributed by atoms with Crippen LogP contribution in [0.1, 0.15) is 34.4 Å². The van der Waals surface area contributed by atoms with E-state index >= 15 is 0 Å². The van der Waals surface area contributed by atoms with Gasteiger partial charge in [-0.25, -0.2) is 4.98 Å². The van der Waals surface area contributed by atoms with Gasteiger partial charge in [-0.1, -0.05) is 23.2 Å². The van der Waals surface area contributed by atoms with Crippen LogP contribution in [0.5, 0.6) is 0 Å². The molecule has 1 unspecified atom stereocenters. The van der Waals surface area contributed by atoms with E-state index in [1.165, 1.54) is 12.1 Å². The molecule has 1 atom stereocenters. The Morgan fingerprint density at radius 2 is 1.91 bits per heavy atom. The molecule has 2 aromatic rings. The molecular weight excluding hydrogens is 327 g/mol. The fraction of sp³-hybridized carbons (Fsp3) is 0.333. The van der Waals surface area contributed by atoms with Crippen LogP contribution in [0, 0.1) is 13.8 Å². The van der Waals surface area contributed by atoms with Crippen LogP contribution >= 0.6 is 23.2 Å². The Kier molecular flexibility index (Phi) is 4.80. The monoisotopic (exact) mass is 342 g/mol. The lowest BCUT2D eigenvalue weighted by atomic mass is 9.96. The standard InChI is InChI=1S/C15H16Cl2N2O3/c1-8-4-11(9(2)22-8)15(3,21)7-18-14(20)10-5-12(16)19-13(17)6-10/h4-6,21H,7H2,1-3H3,(H,18,20). The molecule has 2 heterocycles. The van der Waals surface area contributed by atoms with Crippen molar-refractivity contribution < 1.29 is 14.3 Å². The first-order chi connectivity index (χ1) is 10.2. The molecule has 2 rings (SSSR count). The molecule has 22 heavy (non-hydrogen) atoms. The number of amides is 1. The van der Waals surface area contributed by atoms with Crippen LogP contribution in [0.15, 0.2) is 22.6 Å². The van der Waals surface area contributed by atoms with Crippen LogP contribution in [0.25, 0.3) is 0 Å². The Morgan fingerprint density at radius 3 is 2.41 bits per heavy atom. The lowest BCUT2D eigenvalue weighted by Gasteiger charge is -2.23. The SMILES string of the molecule is Cc1cc(C(C)(O)CNC(=O)c2cc(Cl)nc(Cl)c2)c(C)o1. The number of rotatable bonds is 4. The molecule has 0 saturated heterocycles. The summed E-state index contributed by atoms with van der Waals surface area (Å²) in [6.45, 7) is 5.19. The highest BCUT2D eigenvalue weighted by Gasteiger charge is 2.28. The maximum atomic E-state index is 12.1. The minimum Gasteiger partial charge on any atom is -0.466 e. The Morgan fingerprint density at radius 1 is 1.32 bits per heavy atom. The largest absolute Gasteiger partial charge is 0.466 e. The number of halogens is 2. The molecule has 1 amide bonds. The zero-order valence-electron chi connectivity index (χ0n) is 12.4. The molecule has 0 saturated carbocycles. The van der Waals surface area contributed by atoms with Gasteiger partial charge in [0.2, 0.25) is 0 Å². The highest BCUT2D eigenvalue weighted by molar-refractivity contribution is 6.33. The Labute approximate surface area is 138 Å². The summed E-state index contributed by atoms with van der Waals surface area (Å²) in [5.74, 6) is 0.919. The van der Waals surface area contributed by atoms with Crippen molar-refractivity contribution in [3.8, 4) is 0 Å². The quantitative estimate of drug-likeness (QED) is 0.836. The zero-order chi connectivity index (χ0) is 16.5. The van der Waals surface area contributed by atoms with Crippen LogP contribution < -0.4 is 5.32 Å². The van der Waals surface area contributed by atoms with Gasteiger partial charge >= 0.3 is 0 Å². The predicted octanol–water partition coefficient (Wildman–Crippen LogP) is 3.24. The number of carbonyl (C=O) groups excluding carboxylic acids is 1. The number of pyridine rings is 1. The van der Waals surface area contributed by atoms with Gasteiger partial charge in [0.1, 0.15) is 27.4 Å². The van der Waals surface area contributed by atoms with Crippen molar-refractivity contribution in [3.05, 3.63) is 51.2 Å². The van der Waals surface area contributed by atoms with Crippen LogP contribution in [-0.4, -0.2) is 22.5 Å². The molecule has 118 valence electrons. The molecule has 0 aromatic carbocycles. The Bertz CT molecular complexity index is 691. The molecule has 7 heteroatoms. The van der Waals surface area contributed by atoms with Crippen molar-refractivity contribution in [2.24, 2.45) is 0 Å². The molecule has 0 aliphatic heterocycles. The molecular formula is C15H16Cl2N2O3. The second kappa shape index (κ2) is 6.28. The van der Waals surface area contributed by atoms with E-state index in [2.05, 4.69) is 10.3 Å². The summed E-state index contributed by atoms with van der Waals surface area (Å²) in [4.78, 5) is 15.9. The summed E-state index contributed by atoms with van der Waals surface area (Å²) in [6.07, 6.45) is 0. The van der Waals surface area contributed by atoms with Crippen molar-refractivity contribution in [1.82, 2.24) is 10.3 Å². The van der Waals surface area contributed by atoms with E-state index in [4.69, 9.17) is 27.6 Å². The predicted molar refractivity (Wildman–Crippen MR) is 84.3 cm³/mol. The van der Waals surface area contributed by atoms with Gasteiger partial charge in [-0.3, -0.25) is 4.79 Å². The van der Waals surface area contributed by atoms with Gasteiger partial charge in [0.05, 0.1) is 6.54 Å². The number of nitrogens with zero attached hydrogens (tertiary/aromatic N) is 1. The van der Waals surface area contributed by atoms with Crippen LogP contribution in [0.3, 0.4) is 0 Å². The number of aryl methyl sites for hydroxylation is 2. The number of furan rings is 1. The highest BCUT2D eigenvalue weighted by atomic mass is 35.5. The second-order valence-corrected chi connectivity index (χ2v) is 6.06. The molecule has 0 fully saturated rings. The third-order valence-electron chi connectivity index (χ3n) is 3.24. The number of aliphatic hydroxyl groups is 1. The van der Waals surface area contributed by atoms with Gasteiger partial charge in [-0.2, -0.15) is 0 Å². The summed E-state index contributed by atoms with van der Waals surface area (Å²) in [5.41, 5.74) is -0.338. The summed E-state index contributed by atoms with van der Waals surface area (Å²) in [5, 5.41) is 13.5. The zero-order valence-corrected chi connectivity index (χ0v) is 13.9. The molecule has 2 aromatic heterocycles. The van der Waals surface area contributed by atoms with Gasteiger partial charge in [0.15, 0.2) is 0 Å². The summed E-state index contributed by atoms with van der Waals surface area (Å²) in [7, 11) is 0. The minimum absolute atomic E-state index is 0.0171. The molecule has 0 spiro atoms. The van der Waals surface area contributed by atoms with Crippen molar-refractivity contribution in [2.45, 2.75) is 26.4 Å². The molecule has 5 nitrogen and oxygen atoms in total. The lowest BCUT2D eigenvalue weighted by molar-refractivity contribution is 0.0514. The van der Waals surface area contributed by atoms with Gasteiger partial charge < -0.3 is 14.8 Å². The highest BCUT2D eigenvalue weighted by Crippen LogP contribution is 2.26. The summed E-state index contributed by atoms with van der Waals surface area (Å²) in [6, 6.07) is 4.57. The van der Waals surface area contributed by atoms with E-state index in [9.17, 15) is 9.90 Å². The molecule has 0 bridgehead atoms. The number of hydrogen-bond donors (Lipinski definition) is 2. The van der Waals surface area contributed by atoms with Gasteiger partial charge in [-0.05, 0) is 39.0 Å². The number of carbonyl (C=O) groups is 1. The topological polar surface area (TPSA) is 75.4 Å². The third-order valence-corrected chi connectivity index (χ3v) is 3.63. The van der Waals surface area contributed by atoms with E-state index in [1.807, 2.05) is 0 Å². The van der Waals surface area contributed by atoms with Crippen LogP contribution in [-0.2, 0) is 5.60 Å². The first-order valence-electron chi connectivity index (χ1n) is 6.60. The van der Waals surface area contributed by atoms with Gasteiger partial charge in [-0.15, -0.1) is 0 Å². The molecule has 0 aliphatic rings. The third kappa shape index (κ3) is 3.80. The molecule has 0 aliphatic carbocycles. The van der Waals surface area contributed by atoms with Crippen LogP contribution in [0.2, 0.25) is 10.3 Å². The van der Waals surface area contributed by atoms with E-state index < -0.39 is 11.5 Å². The van der Waals surface area contributed by atoms with Crippen molar-refractivity contribution >= 4 is 29.1 Å². The van der Waals surface area contributed by atoms with Crippen molar-refractivity contribution in [2.75, 3.05) is 6.54 Å². The van der Waals surface area contributed by atoms with E-state index in [1.54, 1.807) is 26.8 Å². The fourth-order valence-electron chi connectivity index (χ4n) is 2.21. The summed E-state index contributed by atoms with van der Waals surface area (Å²) < 4.78 is 5.41. The van der Waals surface area contributed by atoms with E-state index in [-0.39, 0.29) is 22.4 Å². The molecule has 0 radical (unpaired) electrons. The van der Waals surface area contributed by atoms with Crippen LogP contribution in [0.4, 0.5) is 0 Å². The lowest BCUT2D eigenvalue weighted by Crippen LogP contribution is -2.38. The van der Waals surface area contributed by atoms with Gasteiger partial charge in [0.25, 0.3) is 5.91 Å². The maximum Gasteiger partial charge on any atom is 0.251 e. The number of hydrogen-bond acceptors (Lipinski definition) is 4. The smallest absolute Gasteiger partial charge is 0.251 e. The minimum atomic E-state index is -1.25. The number of aromatic nitrogens is 1. The number of nitrogens with one attached hydrogen (secondary N) is 1. The molecule has 2 N–H and O–H groups in total. The Hall–Kier alpha value is -1.56. The van der Waals surface area contributed by atoms with Crippen molar-refractivity contribution in [1.29, 1.82) is 0 Å². The first kappa shape index (κ1) is 16.8. The second-order valence-electron chi connectivity index (χ2n) is 5.28. The Balaban J connectivity index is 2.11. The van der Waals surface area contributed by atoms with Crippen molar-refractivity contribution in [3.63, 3.8) is 0 Å². The first-order valence-corrected chi connectivity index (χ1v) is 7.36. The van der Waals surface area contributed by atoms with E-state index in [0.717, 1.165) is 0 Å². The average molecular weight is 343 g/mol. The van der Waals surface area contributed by atoms with Gasteiger partial charge in [0, 0.05) is 11.1 Å². The fourth-order valence-corrected chi connectivity index (χ4v) is 2.67. The van der Waals surface area contributed by atoms with E-state index in [0.29, 0.717) is 17.1 Å². The maximum absolute atomic E-state index is 12.1. The normalized spacial score (nSPS) is 13.7. The average Bonchev–Trinajstić information content (AvgIpc) is 2.75. The summed E-state index contributed by atoms with van der Waals surface area (Å²) >= 11 is 11.5.